The normalized spacial score (nSPS) is 12.1. The van der Waals surface area contributed by atoms with Crippen molar-refractivity contribution in [2.45, 2.75) is 38.5 Å². The van der Waals surface area contributed by atoms with Crippen LogP contribution in [0.3, 0.4) is 0 Å². The molecule has 1 heterocycles. The first-order chi connectivity index (χ1) is 15.4. The van der Waals surface area contributed by atoms with E-state index in [0.717, 1.165) is 5.56 Å². The number of carboxylic acids is 1. The van der Waals surface area contributed by atoms with Crippen LogP contribution in [0, 0.1) is 0 Å². The summed E-state index contributed by atoms with van der Waals surface area (Å²) in [7, 11) is 0. The molecule has 0 aliphatic rings. The average Bonchev–Trinajstić information content (AvgIpc) is 3.31. The zero-order valence-corrected chi connectivity index (χ0v) is 16.7. The van der Waals surface area contributed by atoms with Gasteiger partial charge >= 0.3 is 5.97 Å². The summed E-state index contributed by atoms with van der Waals surface area (Å²) in [4.78, 5) is 23.3. The molecule has 2 aromatic carbocycles. The fraction of sp³-hybridized carbons (Fsp3) is 0.280. The summed E-state index contributed by atoms with van der Waals surface area (Å²) < 4.78 is 28.2. The zero-order valence-electron chi connectivity index (χ0n) is 18.7. The average molecular weight is 408 g/mol. The molecule has 0 radical (unpaired) electrons. The Morgan fingerprint density at radius 2 is 1.73 bits per heavy atom. The van der Waals surface area contributed by atoms with E-state index in [1.807, 2.05) is 6.07 Å². The van der Waals surface area contributed by atoms with Gasteiger partial charge in [0.1, 0.15) is 11.5 Å². The Morgan fingerprint density at radius 1 is 0.933 bits per heavy atom. The van der Waals surface area contributed by atoms with Crippen molar-refractivity contribution >= 4 is 11.8 Å². The maximum Gasteiger partial charge on any atom is 0.303 e. The number of ketones is 1. The fourth-order valence-electron chi connectivity index (χ4n) is 3.02. The van der Waals surface area contributed by atoms with Crippen LogP contribution in [0.4, 0.5) is 0 Å². The Hall–Kier alpha value is -3.34. The lowest BCUT2D eigenvalue weighted by atomic mass is 10.0. The highest BCUT2D eigenvalue weighted by Gasteiger charge is 2.10. The first kappa shape index (κ1) is 18.7. The molecule has 0 saturated heterocycles. The molecule has 0 fully saturated rings. The molecule has 0 aliphatic heterocycles. The highest BCUT2D eigenvalue weighted by Crippen LogP contribution is 2.23. The summed E-state index contributed by atoms with van der Waals surface area (Å²) in [5, 5.41) is 8.68. The van der Waals surface area contributed by atoms with Gasteiger partial charge in [-0.2, -0.15) is 0 Å². The highest BCUT2D eigenvalue weighted by atomic mass is 16.5. The standard InChI is InChI=1S/C25H26O5/c26-22(19-11-13-21(14-12-19)24-9-6-18-30-24)16-15-20-7-3-4-8-23(20)29-17-5-1-2-10-25(27)28/h3-4,6-9,11-14,18H,1-2,5,10,15-17H2,(H,27,28)/i15D2. The van der Waals surface area contributed by atoms with Crippen LogP contribution in [-0.2, 0) is 11.2 Å². The Balaban J connectivity index is 1.62. The molecular weight excluding hydrogens is 380 g/mol. The zero-order chi connectivity index (χ0) is 23.0. The van der Waals surface area contributed by atoms with Gasteiger partial charge in [0.05, 0.1) is 12.9 Å². The predicted octanol–water partition coefficient (Wildman–Crippen LogP) is 5.79. The van der Waals surface area contributed by atoms with Crippen molar-refractivity contribution in [3.05, 3.63) is 78.1 Å². The van der Waals surface area contributed by atoms with Gasteiger partial charge in [-0.3, -0.25) is 9.59 Å². The Morgan fingerprint density at radius 3 is 2.47 bits per heavy atom. The molecule has 0 aliphatic carbocycles. The quantitative estimate of drug-likeness (QED) is 0.303. The van der Waals surface area contributed by atoms with Crippen molar-refractivity contribution < 1.29 is 26.6 Å². The van der Waals surface area contributed by atoms with Crippen LogP contribution in [0.2, 0.25) is 0 Å². The van der Waals surface area contributed by atoms with Gasteiger partial charge in [-0.05, 0) is 49.4 Å². The van der Waals surface area contributed by atoms with Crippen molar-refractivity contribution in [2.24, 2.45) is 0 Å². The van der Waals surface area contributed by atoms with E-state index in [1.165, 1.54) is 0 Å². The molecule has 0 amide bonds. The predicted molar refractivity (Wildman–Crippen MR) is 115 cm³/mol. The van der Waals surface area contributed by atoms with Gasteiger partial charge < -0.3 is 14.3 Å². The van der Waals surface area contributed by atoms with E-state index >= 15 is 0 Å². The van der Waals surface area contributed by atoms with Crippen LogP contribution in [0.5, 0.6) is 5.75 Å². The number of aliphatic carboxylic acids is 1. The van der Waals surface area contributed by atoms with Crippen LogP contribution in [0.25, 0.3) is 11.3 Å². The van der Waals surface area contributed by atoms with E-state index in [-0.39, 0.29) is 18.6 Å². The van der Waals surface area contributed by atoms with Crippen molar-refractivity contribution in [3.63, 3.8) is 0 Å². The first-order valence-electron chi connectivity index (χ1n) is 11.0. The van der Waals surface area contributed by atoms with Gasteiger partial charge in [0, 0.05) is 26.7 Å². The number of para-hydroxylation sites is 1. The minimum absolute atomic E-state index is 0.129. The molecule has 0 atom stereocenters. The number of furan rings is 1. The largest absolute Gasteiger partial charge is 0.493 e. The highest BCUT2D eigenvalue weighted by molar-refractivity contribution is 5.96. The van der Waals surface area contributed by atoms with Crippen molar-refractivity contribution in [2.75, 3.05) is 6.61 Å². The smallest absolute Gasteiger partial charge is 0.303 e. The molecule has 0 bridgehead atoms. The number of carboxylic acid groups (broad SMARTS) is 1. The lowest BCUT2D eigenvalue weighted by molar-refractivity contribution is -0.137. The van der Waals surface area contributed by atoms with E-state index < -0.39 is 12.3 Å². The number of ether oxygens (including phenoxy) is 1. The summed E-state index contributed by atoms with van der Waals surface area (Å²) in [6.45, 7) is 0.356. The van der Waals surface area contributed by atoms with Crippen LogP contribution in [0.1, 0.15) is 50.8 Å². The molecule has 30 heavy (non-hydrogen) atoms. The third kappa shape index (κ3) is 6.34. The summed E-state index contributed by atoms with van der Waals surface area (Å²) in [5.74, 6) is -0.0146. The second-order valence-corrected chi connectivity index (χ2v) is 6.88. The fourth-order valence-corrected chi connectivity index (χ4v) is 3.02. The van der Waals surface area contributed by atoms with E-state index in [1.54, 1.807) is 60.9 Å². The third-order valence-corrected chi connectivity index (χ3v) is 4.63. The first-order valence-corrected chi connectivity index (χ1v) is 9.98. The molecular formula is C25H26O5. The molecule has 5 nitrogen and oxygen atoms in total. The summed E-state index contributed by atoms with van der Waals surface area (Å²) in [5.41, 5.74) is 1.60. The number of carbonyl (C=O) groups excluding carboxylic acids is 1. The van der Waals surface area contributed by atoms with Crippen LogP contribution in [0.15, 0.2) is 71.3 Å². The second kappa shape index (κ2) is 11.0. The third-order valence-electron chi connectivity index (χ3n) is 4.63. The molecule has 3 rings (SSSR count). The second-order valence-electron chi connectivity index (χ2n) is 6.88. The minimum atomic E-state index is -1.91. The number of unbranched alkanes of at least 4 members (excludes halogenated alkanes) is 2. The summed E-state index contributed by atoms with van der Waals surface area (Å²) in [6, 6.07) is 17.3. The molecule has 0 saturated carbocycles. The van der Waals surface area contributed by atoms with Crippen molar-refractivity contribution in [3.8, 4) is 17.1 Å². The monoisotopic (exact) mass is 408 g/mol. The van der Waals surface area contributed by atoms with Crippen molar-refractivity contribution in [1.82, 2.24) is 0 Å². The lowest BCUT2D eigenvalue weighted by Crippen LogP contribution is -2.04. The van der Waals surface area contributed by atoms with Gasteiger partial charge in [0.25, 0.3) is 0 Å². The number of hydrogen-bond acceptors (Lipinski definition) is 4. The van der Waals surface area contributed by atoms with E-state index in [9.17, 15) is 9.59 Å². The van der Waals surface area contributed by atoms with Crippen LogP contribution >= 0.6 is 0 Å². The minimum Gasteiger partial charge on any atom is -0.493 e. The summed E-state index contributed by atoms with van der Waals surface area (Å²) in [6.07, 6.45) is 1.46. The molecule has 1 N–H and O–H groups in total. The number of rotatable bonds is 12. The molecule has 3 aromatic rings. The summed E-state index contributed by atoms with van der Waals surface area (Å²) >= 11 is 0. The van der Waals surface area contributed by atoms with Gasteiger partial charge in [-0.15, -0.1) is 0 Å². The van der Waals surface area contributed by atoms with Gasteiger partial charge in [-0.25, -0.2) is 0 Å². The maximum atomic E-state index is 12.8. The van der Waals surface area contributed by atoms with Crippen LogP contribution < -0.4 is 4.74 Å². The van der Waals surface area contributed by atoms with Crippen LogP contribution in [-0.4, -0.2) is 23.5 Å². The topological polar surface area (TPSA) is 76.7 Å². The Bertz CT molecular complexity index is 1030. The van der Waals surface area contributed by atoms with E-state index in [2.05, 4.69) is 0 Å². The Labute approximate surface area is 179 Å². The number of carbonyl (C=O) groups is 2. The van der Waals surface area contributed by atoms with Gasteiger partial charge in [-0.1, -0.05) is 42.5 Å². The van der Waals surface area contributed by atoms with Gasteiger partial charge in [0.15, 0.2) is 5.78 Å². The number of aryl methyl sites for hydroxylation is 1. The number of benzene rings is 2. The maximum absolute atomic E-state index is 12.8. The number of hydrogen-bond donors (Lipinski definition) is 1. The molecule has 0 spiro atoms. The Kier molecular flexibility index (Phi) is 6.85. The SMILES string of the molecule is [2H]C([2H])(CC(=O)c1ccc(-c2ccco2)cc1)c1ccccc1OCCCCCC(=O)O. The van der Waals surface area contributed by atoms with E-state index in [4.69, 9.17) is 17.0 Å². The molecule has 5 heteroatoms. The lowest BCUT2D eigenvalue weighted by Gasteiger charge is -2.11. The van der Waals surface area contributed by atoms with Gasteiger partial charge in [0.2, 0.25) is 0 Å². The molecule has 0 unspecified atom stereocenters. The van der Waals surface area contributed by atoms with Crippen molar-refractivity contribution in [1.29, 1.82) is 0 Å². The molecule has 156 valence electrons. The molecule has 1 aromatic heterocycles. The van der Waals surface area contributed by atoms with E-state index in [0.29, 0.717) is 48.5 Å². The number of Topliss-reactive ketones (excluding diaryl/α,β-unsaturated/α-hetero) is 1.